The van der Waals surface area contributed by atoms with Crippen LogP contribution in [0.2, 0.25) is 0 Å². The molecule has 12 heavy (non-hydrogen) atoms. The molecule has 1 nitrogen and oxygen atoms in total. The molecule has 2 heteroatoms. The van der Waals surface area contributed by atoms with E-state index in [-0.39, 0.29) is 0 Å². The zero-order chi connectivity index (χ0) is 8.81. The van der Waals surface area contributed by atoms with E-state index in [1.165, 1.54) is 9.13 Å². The molecule has 0 atom stereocenters. The number of benzene rings is 1. The van der Waals surface area contributed by atoms with E-state index in [1.54, 1.807) is 0 Å². The smallest absolute Gasteiger partial charge is 0.0202 e. The molecule has 0 aromatic heterocycles. The third-order valence-corrected chi connectivity index (χ3v) is 2.51. The Bertz CT molecular complexity index is 268. The van der Waals surface area contributed by atoms with E-state index in [2.05, 4.69) is 64.3 Å². The molecule has 1 aromatic rings. The first-order valence-electron chi connectivity index (χ1n) is 3.90. The molecule has 1 aromatic carbocycles. The van der Waals surface area contributed by atoms with Crippen LogP contribution in [0.15, 0.2) is 30.3 Å². The predicted octanol–water partition coefficient (Wildman–Crippen LogP) is 2.52. The van der Waals surface area contributed by atoms with Gasteiger partial charge in [0.1, 0.15) is 0 Å². The molecule has 0 heterocycles. The van der Waals surface area contributed by atoms with E-state index in [9.17, 15) is 0 Å². The van der Waals surface area contributed by atoms with Crippen molar-refractivity contribution in [3.8, 4) is 0 Å². The van der Waals surface area contributed by atoms with Gasteiger partial charge >= 0.3 is 0 Å². The molecule has 1 rings (SSSR count). The highest BCUT2D eigenvalue weighted by Gasteiger charge is 1.90. The van der Waals surface area contributed by atoms with Gasteiger partial charge in [-0.3, -0.25) is 0 Å². The molecule has 0 aliphatic carbocycles. The second-order valence-electron chi connectivity index (χ2n) is 2.48. The maximum absolute atomic E-state index is 3.07. The van der Waals surface area contributed by atoms with Crippen LogP contribution in [0, 0.1) is 3.57 Å². The zero-order valence-electron chi connectivity index (χ0n) is 7.05. The molecule has 0 aliphatic rings. The lowest BCUT2D eigenvalue weighted by atomic mass is 10.2. The summed E-state index contributed by atoms with van der Waals surface area (Å²) in [6.45, 7) is 0.922. The van der Waals surface area contributed by atoms with Crippen LogP contribution in [0.25, 0.3) is 6.08 Å². The number of rotatable bonds is 3. The van der Waals surface area contributed by atoms with Gasteiger partial charge in [0.25, 0.3) is 0 Å². The van der Waals surface area contributed by atoms with Gasteiger partial charge in [-0.25, -0.2) is 0 Å². The molecule has 0 saturated carbocycles. The minimum atomic E-state index is 0.922. The summed E-state index contributed by atoms with van der Waals surface area (Å²) in [5, 5.41) is 3.07. The Balaban J connectivity index is 2.68. The van der Waals surface area contributed by atoms with Crippen molar-refractivity contribution in [3.63, 3.8) is 0 Å². The Hall–Kier alpha value is -0.350. The first-order valence-corrected chi connectivity index (χ1v) is 4.98. The van der Waals surface area contributed by atoms with Crippen molar-refractivity contribution in [1.29, 1.82) is 0 Å². The van der Waals surface area contributed by atoms with Gasteiger partial charge in [0.15, 0.2) is 0 Å². The van der Waals surface area contributed by atoms with Crippen molar-refractivity contribution in [1.82, 2.24) is 5.32 Å². The SMILES string of the molecule is CNCC=Cc1ccccc1I. The Morgan fingerprint density at radius 2 is 2.17 bits per heavy atom. The maximum atomic E-state index is 3.07. The molecule has 0 spiro atoms. The third-order valence-electron chi connectivity index (χ3n) is 1.52. The second-order valence-corrected chi connectivity index (χ2v) is 3.64. The van der Waals surface area contributed by atoms with Crippen LogP contribution in [0.5, 0.6) is 0 Å². The van der Waals surface area contributed by atoms with Gasteiger partial charge in [0, 0.05) is 10.1 Å². The minimum absolute atomic E-state index is 0.922. The van der Waals surface area contributed by atoms with Gasteiger partial charge in [-0.1, -0.05) is 30.4 Å². The van der Waals surface area contributed by atoms with Crippen molar-refractivity contribution in [3.05, 3.63) is 39.5 Å². The fourth-order valence-corrected chi connectivity index (χ4v) is 1.48. The highest BCUT2D eigenvalue weighted by atomic mass is 127. The topological polar surface area (TPSA) is 12.0 Å². The maximum Gasteiger partial charge on any atom is 0.0202 e. The molecule has 64 valence electrons. The Morgan fingerprint density at radius 1 is 1.42 bits per heavy atom. The van der Waals surface area contributed by atoms with E-state index >= 15 is 0 Å². The highest BCUT2D eigenvalue weighted by Crippen LogP contribution is 2.12. The van der Waals surface area contributed by atoms with Crippen molar-refractivity contribution in [2.75, 3.05) is 13.6 Å². The lowest BCUT2D eigenvalue weighted by Gasteiger charge is -1.96. The Morgan fingerprint density at radius 3 is 2.83 bits per heavy atom. The molecule has 0 bridgehead atoms. The first-order chi connectivity index (χ1) is 5.84. The molecule has 0 saturated heterocycles. The van der Waals surface area contributed by atoms with Gasteiger partial charge in [0.2, 0.25) is 0 Å². The van der Waals surface area contributed by atoms with Crippen LogP contribution in [-0.2, 0) is 0 Å². The summed E-state index contributed by atoms with van der Waals surface area (Å²) in [5.74, 6) is 0. The fraction of sp³-hybridized carbons (Fsp3) is 0.200. The van der Waals surface area contributed by atoms with Gasteiger partial charge in [-0.05, 0) is 41.3 Å². The molecule has 0 amide bonds. The number of nitrogens with one attached hydrogen (secondary N) is 1. The second kappa shape index (κ2) is 5.32. The molecular formula is C10H12IN. The average molecular weight is 273 g/mol. The molecule has 0 unspecified atom stereocenters. The van der Waals surface area contributed by atoms with Gasteiger partial charge < -0.3 is 5.32 Å². The lowest BCUT2D eigenvalue weighted by Crippen LogP contribution is -2.03. The van der Waals surface area contributed by atoms with E-state index in [0.29, 0.717) is 0 Å². The summed E-state index contributed by atoms with van der Waals surface area (Å²) in [6.07, 6.45) is 4.26. The van der Waals surface area contributed by atoms with Crippen LogP contribution in [0.4, 0.5) is 0 Å². The number of hydrogen-bond acceptors (Lipinski definition) is 1. The number of halogens is 1. The van der Waals surface area contributed by atoms with E-state index in [4.69, 9.17) is 0 Å². The molecule has 0 aliphatic heterocycles. The van der Waals surface area contributed by atoms with Gasteiger partial charge in [-0.15, -0.1) is 0 Å². The summed E-state index contributed by atoms with van der Waals surface area (Å²) in [7, 11) is 1.94. The number of likely N-dealkylation sites (N-methyl/N-ethyl adjacent to an activating group) is 1. The summed E-state index contributed by atoms with van der Waals surface area (Å²) in [4.78, 5) is 0. The van der Waals surface area contributed by atoms with Crippen molar-refractivity contribution in [2.45, 2.75) is 0 Å². The largest absolute Gasteiger partial charge is 0.316 e. The summed E-state index contributed by atoms with van der Waals surface area (Å²) in [6, 6.07) is 8.34. The normalized spacial score (nSPS) is 10.8. The van der Waals surface area contributed by atoms with Crippen LogP contribution < -0.4 is 5.32 Å². The Kier molecular flexibility index (Phi) is 4.32. The van der Waals surface area contributed by atoms with E-state index in [1.807, 2.05) is 7.05 Å². The van der Waals surface area contributed by atoms with Crippen LogP contribution in [-0.4, -0.2) is 13.6 Å². The van der Waals surface area contributed by atoms with E-state index < -0.39 is 0 Å². The summed E-state index contributed by atoms with van der Waals surface area (Å²) < 4.78 is 1.29. The van der Waals surface area contributed by atoms with Crippen LogP contribution >= 0.6 is 22.6 Å². The molecule has 0 fully saturated rings. The fourth-order valence-electron chi connectivity index (χ4n) is 0.914. The average Bonchev–Trinajstić information content (AvgIpc) is 2.09. The molecule has 1 N–H and O–H groups in total. The first kappa shape index (κ1) is 9.74. The van der Waals surface area contributed by atoms with Crippen molar-refractivity contribution >= 4 is 28.7 Å². The lowest BCUT2D eigenvalue weighted by molar-refractivity contribution is 0.922. The predicted molar refractivity (Wildman–Crippen MR) is 62.1 cm³/mol. The quantitative estimate of drug-likeness (QED) is 0.834. The van der Waals surface area contributed by atoms with Crippen molar-refractivity contribution < 1.29 is 0 Å². The zero-order valence-corrected chi connectivity index (χ0v) is 9.21. The molecular weight excluding hydrogens is 261 g/mol. The minimum Gasteiger partial charge on any atom is -0.316 e. The summed E-state index contributed by atoms with van der Waals surface area (Å²) in [5.41, 5.74) is 1.29. The molecule has 0 radical (unpaired) electrons. The number of hydrogen-bond donors (Lipinski definition) is 1. The van der Waals surface area contributed by atoms with Gasteiger partial charge in [-0.2, -0.15) is 0 Å². The van der Waals surface area contributed by atoms with E-state index in [0.717, 1.165) is 6.54 Å². The Labute approximate surface area is 87.0 Å². The van der Waals surface area contributed by atoms with Crippen molar-refractivity contribution in [2.24, 2.45) is 0 Å². The highest BCUT2D eigenvalue weighted by molar-refractivity contribution is 14.1. The van der Waals surface area contributed by atoms with Crippen LogP contribution in [0.1, 0.15) is 5.56 Å². The van der Waals surface area contributed by atoms with Crippen LogP contribution in [0.3, 0.4) is 0 Å². The van der Waals surface area contributed by atoms with Gasteiger partial charge in [0.05, 0.1) is 0 Å². The summed E-state index contributed by atoms with van der Waals surface area (Å²) >= 11 is 2.34. The third kappa shape index (κ3) is 2.95. The monoisotopic (exact) mass is 273 g/mol. The standard InChI is InChI=1S/C10H12IN/c1-12-8-4-6-9-5-2-3-7-10(9)11/h2-7,12H,8H2,1H3.